The lowest BCUT2D eigenvalue weighted by Crippen LogP contribution is -2.70. The van der Waals surface area contributed by atoms with E-state index < -0.39 is 0 Å². The molecule has 5 rings (SSSR count). The van der Waals surface area contributed by atoms with Gasteiger partial charge in [0.2, 0.25) is 0 Å². The molecule has 7 nitrogen and oxygen atoms in total. The maximum absolute atomic E-state index is 8.73. The first-order chi connectivity index (χ1) is 16.8. The molecule has 2 aromatic heterocycles. The molecule has 1 saturated carbocycles. The molecular weight excluding hydrogens is 483 g/mol. The first kappa shape index (κ1) is 23.9. The summed E-state index contributed by atoms with van der Waals surface area (Å²) in [7, 11) is 0. The van der Waals surface area contributed by atoms with Crippen molar-refractivity contribution in [2.45, 2.75) is 44.4 Å². The molecule has 0 radical (unpaired) electrons. The Morgan fingerprint density at radius 3 is 2.54 bits per heavy atom. The van der Waals surface area contributed by atoms with Crippen molar-refractivity contribution in [3.05, 3.63) is 75.7 Å². The van der Waals surface area contributed by atoms with Crippen LogP contribution in [0.5, 0.6) is 5.75 Å². The highest BCUT2D eigenvalue weighted by Gasteiger charge is 2.41. The Balaban J connectivity index is 1.24. The fourth-order valence-corrected chi connectivity index (χ4v) is 5.02. The van der Waals surface area contributed by atoms with Crippen LogP contribution in [0, 0.1) is 5.41 Å². The van der Waals surface area contributed by atoms with Crippen LogP contribution in [0.15, 0.2) is 48.9 Å². The third-order valence-corrected chi connectivity index (χ3v) is 7.38. The fourth-order valence-electron chi connectivity index (χ4n) is 4.54. The minimum absolute atomic E-state index is 0.151. The molecule has 3 aromatic rings. The molecule has 0 spiro atoms. The summed E-state index contributed by atoms with van der Waals surface area (Å²) in [4.78, 5) is 10.8. The van der Waals surface area contributed by atoms with Gasteiger partial charge in [0, 0.05) is 60.1 Å². The molecule has 2 fully saturated rings. The number of hydrogen-bond donors (Lipinski definition) is 3. The molecular formula is C26H28Cl2N6O. The van der Waals surface area contributed by atoms with Gasteiger partial charge in [-0.15, -0.1) is 0 Å². The number of nitrogen functional groups attached to an aromatic ring is 1. The number of rotatable bonds is 8. The van der Waals surface area contributed by atoms with E-state index in [9.17, 15) is 0 Å². The first-order valence-corrected chi connectivity index (χ1v) is 12.5. The number of aromatic nitrogens is 2. The number of halogens is 2. The molecule has 1 aliphatic carbocycles. The van der Waals surface area contributed by atoms with Crippen molar-refractivity contribution in [2.24, 2.45) is 0 Å². The molecule has 4 N–H and O–H groups in total. The van der Waals surface area contributed by atoms with Gasteiger partial charge in [-0.1, -0.05) is 29.6 Å². The minimum atomic E-state index is 0.151. The number of nitrogens with two attached hydrogens (primary N) is 1. The number of pyridine rings is 2. The van der Waals surface area contributed by atoms with Gasteiger partial charge in [0.05, 0.1) is 21.3 Å². The van der Waals surface area contributed by atoms with E-state index in [4.69, 9.17) is 39.1 Å². The molecule has 1 aromatic carbocycles. The second kappa shape index (κ2) is 9.64. The van der Waals surface area contributed by atoms with E-state index in [0.717, 1.165) is 18.9 Å². The summed E-state index contributed by atoms with van der Waals surface area (Å²) in [6.45, 7) is 4.33. The van der Waals surface area contributed by atoms with Gasteiger partial charge in [-0.2, -0.15) is 0 Å². The fraction of sp³-hybridized carbons (Fsp3) is 0.346. The maximum Gasteiger partial charge on any atom is 0.128 e. The second-order valence-electron chi connectivity index (χ2n) is 9.59. The van der Waals surface area contributed by atoms with Crippen LogP contribution >= 0.6 is 23.2 Å². The largest absolute Gasteiger partial charge is 0.489 e. The Morgan fingerprint density at radius 2 is 1.91 bits per heavy atom. The number of anilines is 2. The van der Waals surface area contributed by atoms with Crippen LogP contribution in [0.1, 0.15) is 42.9 Å². The van der Waals surface area contributed by atoms with Crippen molar-refractivity contribution in [3.63, 3.8) is 0 Å². The normalized spacial score (nSPS) is 16.9. The quantitative estimate of drug-likeness (QED) is 0.288. The van der Waals surface area contributed by atoms with E-state index in [-0.39, 0.29) is 17.9 Å². The monoisotopic (exact) mass is 510 g/mol. The topological polar surface area (TPSA) is 100 Å². The van der Waals surface area contributed by atoms with Crippen LogP contribution in [0.2, 0.25) is 10.0 Å². The van der Waals surface area contributed by atoms with Crippen molar-refractivity contribution >= 4 is 40.4 Å². The lowest BCUT2D eigenvalue weighted by Gasteiger charge is -2.52. The summed E-state index contributed by atoms with van der Waals surface area (Å²) in [5.41, 5.74) is 9.04. The SMILES string of the molecule is CC1(NC2CCC2)CN(c2ccc(C(=N)c3cc(OCc4c(Cl)cncc4Cl)ccc3N)cn2)C1. The molecule has 0 amide bonds. The zero-order valence-corrected chi connectivity index (χ0v) is 21.0. The second-order valence-corrected chi connectivity index (χ2v) is 10.4. The number of nitrogens with zero attached hydrogens (tertiary/aromatic N) is 3. The first-order valence-electron chi connectivity index (χ1n) is 11.7. The highest BCUT2D eigenvalue weighted by atomic mass is 35.5. The van der Waals surface area contributed by atoms with E-state index >= 15 is 0 Å². The third-order valence-electron chi connectivity index (χ3n) is 6.73. The Kier molecular flexibility index (Phi) is 6.57. The van der Waals surface area contributed by atoms with Crippen LogP contribution in [0.3, 0.4) is 0 Å². The van der Waals surface area contributed by atoms with E-state index in [1.54, 1.807) is 24.4 Å². The van der Waals surface area contributed by atoms with Gasteiger partial charge in [0.25, 0.3) is 0 Å². The van der Waals surface area contributed by atoms with Crippen molar-refractivity contribution in [1.82, 2.24) is 15.3 Å². The third kappa shape index (κ3) is 5.08. The van der Waals surface area contributed by atoms with Gasteiger partial charge in [-0.3, -0.25) is 10.4 Å². The summed E-state index contributed by atoms with van der Waals surface area (Å²) in [6.07, 6.45) is 8.68. The minimum Gasteiger partial charge on any atom is -0.489 e. The predicted molar refractivity (Wildman–Crippen MR) is 141 cm³/mol. The van der Waals surface area contributed by atoms with E-state index in [0.29, 0.717) is 44.2 Å². The molecule has 35 heavy (non-hydrogen) atoms. The van der Waals surface area contributed by atoms with Crippen LogP contribution < -0.4 is 20.7 Å². The molecule has 2 aliphatic rings. The van der Waals surface area contributed by atoms with Crippen molar-refractivity contribution in [3.8, 4) is 5.75 Å². The Labute approximate surface area is 215 Å². The van der Waals surface area contributed by atoms with Crippen LogP contribution in [-0.4, -0.2) is 40.3 Å². The zero-order valence-electron chi connectivity index (χ0n) is 19.5. The van der Waals surface area contributed by atoms with Gasteiger partial charge in [-0.05, 0) is 50.1 Å². The Hall–Kier alpha value is -2.87. The molecule has 3 heterocycles. The summed E-state index contributed by atoms with van der Waals surface area (Å²) in [6, 6.07) is 9.80. The lowest BCUT2D eigenvalue weighted by atomic mass is 9.85. The molecule has 0 unspecified atom stereocenters. The average molecular weight is 511 g/mol. The van der Waals surface area contributed by atoms with Crippen molar-refractivity contribution in [1.29, 1.82) is 5.41 Å². The average Bonchev–Trinajstić information content (AvgIpc) is 2.80. The number of hydrogen-bond acceptors (Lipinski definition) is 7. The Bertz CT molecular complexity index is 1220. The lowest BCUT2D eigenvalue weighted by molar-refractivity contribution is 0.201. The van der Waals surface area contributed by atoms with Crippen LogP contribution in [0.25, 0.3) is 0 Å². The standard InChI is InChI=1S/C26H28Cl2N6O/c1-26(33-17-3-2-4-17)14-34(15-26)24-8-5-16(10-32-24)25(30)19-9-18(6-7-23(19)29)35-13-20-21(27)11-31-12-22(20)28/h5-12,17,30,33H,2-4,13-15,29H2,1H3. The number of nitrogens with one attached hydrogen (secondary N) is 2. The van der Waals surface area contributed by atoms with Gasteiger partial charge in [0.15, 0.2) is 0 Å². The van der Waals surface area contributed by atoms with Crippen molar-refractivity contribution in [2.75, 3.05) is 23.7 Å². The molecule has 0 bridgehead atoms. The van der Waals surface area contributed by atoms with Gasteiger partial charge < -0.3 is 20.7 Å². The predicted octanol–water partition coefficient (Wildman–Crippen LogP) is 5.08. The van der Waals surface area contributed by atoms with Gasteiger partial charge >= 0.3 is 0 Å². The van der Waals surface area contributed by atoms with Gasteiger partial charge in [0.1, 0.15) is 18.2 Å². The highest BCUT2D eigenvalue weighted by Crippen LogP contribution is 2.31. The summed E-state index contributed by atoms with van der Waals surface area (Å²) >= 11 is 12.4. The number of benzene rings is 1. The zero-order chi connectivity index (χ0) is 24.6. The van der Waals surface area contributed by atoms with Crippen LogP contribution in [-0.2, 0) is 6.61 Å². The van der Waals surface area contributed by atoms with Crippen LogP contribution in [0.4, 0.5) is 11.5 Å². The summed E-state index contributed by atoms with van der Waals surface area (Å²) in [5, 5.41) is 13.4. The van der Waals surface area contributed by atoms with E-state index in [1.165, 1.54) is 31.7 Å². The van der Waals surface area contributed by atoms with E-state index in [1.807, 2.05) is 12.1 Å². The number of ether oxygens (including phenoxy) is 1. The highest BCUT2D eigenvalue weighted by molar-refractivity contribution is 6.35. The van der Waals surface area contributed by atoms with Gasteiger partial charge in [-0.25, -0.2) is 4.98 Å². The molecule has 1 aliphatic heterocycles. The van der Waals surface area contributed by atoms with E-state index in [2.05, 4.69) is 27.1 Å². The molecule has 9 heteroatoms. The molecule has 1 saturated heterocycles. The summed E-state index contributed by atoms with van der Waals surface area (Å²) < 4.78 is 5.89. The molecule has 0 atom stereocenters. The van der Waals surface area contributed by atoms with Crippen molar-refractivity contribution < 1.29 is 4.74 Å². The molecule has 182 valence electrons. The summed E-state index contributed by atoms with van der Waals surface area (Å²) in [5.74, 6) is 1.48. The Morgan fingerprint density at radius 1 is 1.17 bits per heavy atom. The maximum atomic E-state index is 8.73. The smallest absolute Gasteiger partial charge is 0.128 e.